The third-order valence-electron chi connectivity index (χ3n) is 7.99. The number of fused-ring (bicyclic) bond motifs is 1. The molecule has 2 unspecified atom stereocenters. The van der Waals surface area contributed by atoms with E-state index in [-0.39, 0.29) is 13.3 Å². The molecule has 230 valence electrons. The minimum Gasteiger partial charge on any atom is -0.489 e. The first-order valence-corrected chi connectivity index (χ1v) is 18.2. The molecule has 2 aromatic carbocycles. The Bertz CT molecular complexity index is 1490. The summed E-state index contributed by atoms with van der Waals surface area (Å²) in [6.45, 7) is 12.0. The standard InChI is InChI=1S/C32H42N4O6Si/c1-22-17-23(26-9-7-8-10-27(26)34-22)18-42-25-13-11-24(12-14-25)31(2,20-37)28(38)33-19-32(3)29(39)35-30(40)36(32)21-41-15-16-43(4,5)6/h7-14,17,37H,15-16,18-21H2,1-6H3,(H,33,38)(H,35,39,40). The van der Waals surface area contributed by atoms with E-state index in [2.05, 4.69) is 35.3 Å². The number of aryl methyl sites for hydroxylation is 1. The predicted molar refractivity (Wildman–Crippen MR) is 167 cm³/mol. The van der Waals surface area contributed by atoms with Gasteiger partial charge in [0.15, 0.2) is 0 Å². The molecule has 2 atom stereocenters. The average Bonchev–Trinajstić information content (AvgIpc) is 3.18. The Balaban J connectivity index is 1.40. The predicted octanol–water partition coefficient (Wildman–Crippen LogP) is 4.11. The van der Waals surface area contributed by atoms with Gasteiger partial charge >= 0.3 is 6.03 Å². The zero-order valence-corrected chi connectivity index (χ0v) is 26.8. The molecule has 3 N–H and O–H groups in total. The van der Waals surface area contributed by atoms with Crippen LogP contribution in [0.5, 0.6) is 5.75 Å². The van der Waals surface area contributed by atoms with Crippen LogP contribution in [-0.4, -0.2) is 72.9 Å². The lowest BCUT2D eigenvalue weighted by Crippen LogP contribution is -2.57. The number of hydrogen-bond acceptors (Lipinski definition) is 7. The Hall–Kier alpha value is -3.80. The number of nitrogens with one attached hydrogen (secondary N) is 2. The quantitative estimate of drug-likeness (QED) is 0.152. The highest BCUT2D eigenvalue weighted by molar-refractivity contribution is 6.76. The highest BCUT2D eigenvalue weighted by atomic mass is 28.3. The van der Waals surface area contributed by atoms with Crippen LogP contribution in [0, 0.1) is 6.92 Å². The second kappa shape index (κ2) is 12.8. The lowest BCUT2D eigenvalue weighted by Gasteiger charge is -2.34. The molecule has 0 bridgehead atoms. The fraction of sp³-hybridized carbons (Fsp3) is 0.438. The maximum atomic E-state index is 13.4. The number of hydrogen-bond donors (Lipinski definition) is 3. The zero-order valence-electron chi connectivity index (χ0n) is 25.8. The Morgan fingerprint density at radius 3 is 2.51 bits per heavy atom. The number of benzene rings is 2. The van der Waals surface area contributed by atoms with E-state index in [9.17, 15) is 19.5 Å². The van der Waals surface area contributed by atoms with Gasteiger partial charge < -0.3 is 19.9 Å². The molecular weight excluding hydrogens is 564 g/mol. The van der Waals surface area contributed by atoms with E-state index >= 15 is 0 Å². The summed E-state index contributed by atoms with van der Waals surface area (Å²) in [5.41, 5.74) is 0.773. The van der Waals surface area contributed by atoms with Crippen LogP contribution in [0.4, 0.5) is 4.79 Å². The molecule has 1 saturated heterocycles. The van der Waals surface area contributed by atoms with Crippen molar-refractivity contribution in [2.75, 3.05) is 26.5 Å². The van der Waals surface area contributed by atoms with Crippen LogP contribution in [0.3, 0.4) is 0 Å². The summed E-state index contributed by atoms with van der Waals surface area (Å²) in [6.07, 6.45) is 0. The van der Waals surface area contributed by atoms with Gasteiger partial charge in [-0.25, -0.2) is 4.79 Å². The van der Waals surface area contributed by atoms with Gasteiger partial charge in [-0.1, -0.05) is 50.0 Å². The van der Waals surface area contributed by atoms with E-state index in [1.54, 1.807) is 38.1 Å². The number of aliphatic hydroxyl groups excluding tert-OH is 1. The maximum absolute atomic E-state index is 13.4. The van der Waals surface area contributed by atoms with Crippen molar-refractivity contribution in [2.24, 2.45) is 0 Å². The lowest BCUT2D eigenvalue weighted by atomic mass is 9.82. The van der Waals surface area contributed by atoms with Gasteiger partial charge in [0.1, 0.15) is 24.6 Å². The third-order valence-corrected chi connectivity index (χ3v) is 9.70. The molecule has 0 saturated carbocycles. The normalized spacial score (nSPS) is 18.4. The molecule has 4 rings (SSSR count). The summed E-state index contributed by atoms with van der Waals surface area (Å²) in [6, 6.07) is 17.3. The molecule has 4 amide bonds. The average molecular weight is 607 g/mol. The molecular formula is C32H42N4O6Si. The minimum atomic E-state index is -1.34. The summed E-state index contributed by atoms with van der Waals surface area (Å²) in [4.78, 5) is 44.6. The number of nitrogens with zero attached hydrogens (tertiary/aromatic N) is 2. The number of amides is 4. The molecule has 0 radical (unpaired) electrons. The fourth-order valence-corrected chi connectivity index (χ4v) is 5.65. The summed E-state index contributed by atoms with van der Waals surface area (Å²) in [5, 5.41) is 16.5. The number of imide groups is 1. The number of ether oxygens (including phenoxy) is 2. The maximum Gasteiger partial charge on any atom is 0.326 e. The summed E-state index contributed by atoms with van der Waals surface area (Å²) >= 11 is 0. The van der Waals surface area contributed by atoms with Crippen molar-refractivity contribution in [3.05, 3.63) is 71.4 Å². The van der Waals surface area contributed by atoms with Gasteiger partial charge in [0.2, 0.25) is 5.91 Å². The number of para-hydroxylation sites is 1. The monoisotopic (exact) mass is 606 g/mol. The van der Waals surface area contributed by atoms with Gasteiger partial charge in [0, 0.05) is 37.9 Å². The first-order valence-electron chi connectivity index (χ1n) is 14.5. The molecule has 0 spiro atoms. The number of carbonyl (C=O) groups excluding carboxylic acids is 3. The molecule has 1 aliphatic rings. The molecule has 2 heterocycles. The van der Waals surface area contributed by atoms with Gasteiger partial charge in [-0.15, -0.1) is 0 Å². The van der Waals surface area contributed by atoms with Crippen LogP contribution >= 0.6 is 0 Å². The third kappa shape index (κ3) is 7.23. The van der Waals surface area contributed by atoms with Crippen molar-refractivity contribution < 1.29 is 29.0 Å². The van der Waals surface area contributed by atoms with E-state index in [0.29, 0.717) is 24.5 Å². The van der Waals surface area contributed by atoms with Gasteiger partial charge in [-0.2, -0.15) is 0 Å². The van der Waals surface area contributed by atoms with E-state index in [4.69, 9.17) is 9.47 Å². The molecule has 3 aromatic rings. The number of carbonyl (C=O) groups is 3. The van der Waals surface area contributed by atoms with Gasteiger partial charge in [-0.3, -0.25) is 24.8 Å². The second-order valence-electron chi connectivity index (χ2n) is 12.7. The van der Waals surface area contributed by atoms with Gasteiger partial charge in [0.05, 0.1) is 17.5 Å². The van der Waals surface area contributed by atoms with E-state index < -0.39 is 43.5 Å². The minimum absolute atomic E-state index is 0.0675. The van der Waals surface area contributed by atoms with Crippen molar-refractivity contribution in [2.45, 2.75) is 64.0 Å². The fourth-order valence-electron chi connectivity index (χ4n) is 4.89. The van der Waals surface area contributed by atoms with Crippen molar-refractivity contribution in [3.63, 3.8) is 0 Å². The topological polar surface area (TPSA) is 130 Å². The summed E-state index contributed by atoms with van der Waals surface area (Å²) in [7, 11) is -1.33. The first kappa shape index (κ1) is 32.1. The van der Waals surface area contributed by atoms with E-state index in [1.165, 1.54) is 4.90 Å². The van der Waals surface area contributed by atoms with Crippen LogP contribution < -0.4 is 15.4 Å². The molecule has 11 heteroatoms. The smallest absolute Gasteiger partial charge is 0.326 e. The molecule has 10 nitrogen and oxygen atoms in total. The second-order valence-corrected chi connectivity index (χ2v) is 18.4. The molecule has 1 fully saturated rings. The SMILES string of the molecule is Cc1cc(COc2ccc(C(C)(CO)C(=O)NCC3(C)C(=O)NC(=O)N3COCC[Si](C)(C)C)cc2)c2ccccc2n1. The summed E-state index contributed by atoms with van der Waals surface area (Å²) < 4.78 is 11.8. The Labute approximate surface area is 253 Å². The van der Waals surface area contributed by atoms with Crippen molar-refractivity contribution in [1.29, 1.82) is 0 Å². The van der Waals surface area contributed by atoms with Crippen molar-refractivity contribution in [1.82, 2.24) is 20.5 Å². The Kier molecular flexibility index (Phi) is 9.58. The van der Waals surface area contributed by atoms with Crippen LogP contribution in [0.2, 0.25) is 25.7 Å². The number of pyridine rings is 1. The van der Waals surface area contributed by atoms with E-state index in [0.717, 1.165) is 28.2 Å². The van der Waals surface area contributed by atoms with Crippen molar-refractivity contribution >= 4 is 36.8 Å². The number of aromatic nitrogens is 1. The first-order chi connectivity index (χ1) is 20.3. The van der Waals surface area contributed by atoms with Gasteiger partial charge in [0.25, 0.3) is 5.91 Å². The largest absolute Gasteiger partial charge is 0.489 e. The highest BCUT2D eigenvalue weighted by Crippen LogP contribution is 2.28. The van der Waals surface area contributed by atoms with Crippen LogP contribution in [0.25, 0.3) is 10.9 Å². The molecule has 1 aliphatic heterocycles. The summed E-state index contributed by atoms with van der Waals surface area (Å²) in [5.74, 6) is -0.382. The van der Waals surface area contributed by atoms with Gasteiger partial charge in [-0.05, 0) is 56.6 Å². The number of aliphatic hydroxyl groups is 1. The Morgan fingerprint density at radius 1 is 1.14 bits per heavy atom. The van der Waals surface area contributed by atoms with E-state index in [1.807, 2.05) is 37.3 Å². The zero-order chi connectivity index (χ0) is 31.4. The Morgan fingerprint density at radius 2 is 1.84 bits per heavy atom. The highest BCUT2D eigenvalue weighted by Gasteiger charge is 2.50. The van der Waals surface area contributed by atoms with Crippen LogP contribution in [0.15, 0.2) is 54.6 Å². The molecule has 1 aromatic heterocycles. The molecule has 43 heavy (non-hydrogen) atoms. The lowest BCUT2D eigenvalue weighted by molar-refractivity contribution is -0.131. The van der Waals surface area contributed by atoms with Crippen LogP contribution in [-0.2, 0) is 26.3 Å². The number of rotatable bonds is 13. The van der Waals surface area contributed by atoms with Crippen molar-refractivity contribution in [3.8, 4) is 5.75 Å². The van der Waals surface area contributed by atoms with Crippen LogP contribution in [0.1, 0.15) is 30.7 Å². The molecule has 0 aliphatic carbocycles. The number of urea groups is 1.